The maximum atomic E-state index is 12.9. The maximum Gasteiger partial charge on any atom is 0.251 e. The largest absolute Gasteiger partial charge is 0.387 e. The molecular weight excluding hydrogens is 428 g/mol. The van der Waals surface area contributed by atoms with Gasteiger partial charge >= 0.3 is 0 Å². The van der Waals surface area contributed by atoms with Gasteiger partial charge in [0.25, 0.3) is 5.91 Å². The molecule has 0 aromatic heterocycles. The van der Waals surface area contributed by atoms with Crippen molar-refractivity contribution >= 4 is 29.7 Å². The second kappa shape index (κ2) is 11.8. The van der Waals surface area contributed by atoms with E-state index in [1.807, 2.05) is 50.3 Å². The van der Waals surface area contributed by atoms with E-state index in [-0.39, 0.29) is 12.5 Å². The second-order valence-electron chi connectivity index (χ2n) is 7.71. The first kappa shape index (κ1) is 24.7. The van der Waals surface area contributed by atoms with Crippen LogP contribution in [0.3, 0.4) is 0 Å². The quantitative estimate of drug-likeness (QED) is 0.198. The molecule has 34 heavy (non-hydrogen) atoms. The van der Waals surface area contributed by atoms with Gasteiger partial charge in [0.1, 0.15) is 0 Å². The van der Waals surface area contributed by atoms with Gasteiger partial charge in [0, 0.05) is 48.1 Å². The fourth-order valence-corrected chi connectivity index (χ4v) is 3.92. The molecule has 0 bridgehead atoms. The van der Waals surface area contributed by atoms with Crippen LogP contribution in [0.25, 0.3) is 5.57 Å². The Morgan fingerprint density at radius 3 is 2.65 bits per heavy atom. The summed E-state index contributed by atoms with van der Waals surface area (Å²) in [4.78, 5) is 24.9. The van der Waals surface area contributed by atoms with Crippen LogP contribution in [0.15, 0.2) is 76.9 Å². The molecule has 3 rings (SSSR count). The van der Waals surface area contributed by atoms with Crippen molar-refractivity contribution in [3.63, 3.8) is 0 Å². The molecule has 0 radical (unpaired) electrons. The van der Waals surface area contributed by atoms with Crippen molar-refractivity contribution in [2.75, 3.05) is 25.5 Å². The summed E-state index contributed by atoms with van der Waals surface area (Å²) in [6, 6.07) is 12.4. The first-order valence-electron chi connectivity index (χ1n) is 11.1. The topological polar surface area (TPSA) is 103 Å². The smallest absolute Gasteiger partial charge is 0.251 e. The lowest BCUT2D eigenvalue weighted by Crippen LogP contribution is -2.29. The number of fused-ring (bicyclic) bond motifs is 1. The molecule has 2 aromatic rings. The zero-order chi connectivity index (χ0) is 24.5. The van der Waals surface area contributed by atoms with Crippen LogP contribution in [0.4, 0.5) is 5.69 Å². The molecule has 1 unspecified atom stereocenters. The van der Waals surface area contributed by atoms with E-state index in [0.29, 0.717) is 28.9 Å². The predicted molar refractivity (Wildman–Crippen MR) is 137 cm³/mol. The Kier molecular flexibility index (Phi) is 8.54. The minimum atomic E-state index is -0.827. The van der Waals surface area contributed by atoms with Crippen LogP contribution in [0.1, 0.15) is 51.8 Å². The summed E-state index contributed by atoms with van der Waals surface area (Å²) in [6.45, 7) is 4.48. The number of benzene rings is 2. The number of nitrogens with one attached hydrogen (secondary N) is 3. The van der Waals surface area contributed by atoms with Crippen LogP contribution in [0.2, 0.25) is 0 Å². The van der Waals surface area contributed by atoms with Gasteiger partial charge in [0.05, 0.1) is 12.3 Å². The van der Waals surface area contributed by atoms with Crippen molar-refractivity contribution < 1.29 is 14.7 Å². The lowest BCUT2D eigenvalue weighted by Gasteiger charge is -2.26. The zero-order valence-corrected chi connectivity index (χ0v) is 19.6. The van der Waals surface area contributed by atoms with E-state index in [1.54, 1.807) is 37.5 Å². The molecular formula is C27H30N4O3. The fourth-order valence-electron chi connectivity index (χ4n) is 3.92. The molecule has 2 aromatic carbocycles. The third kappa shape index (κ3) is 5.50. The molecule has 0 spiro atoms. The van der Waals surface area contributed by atoms with E-state index in [0.717, 1.165) is 28.6 Å². The van der Waals surface area contributed by atoms with Gasteiger partial charge < -0.3 is 21.2 Å². The number of hydrazone groups is 1. The highest BCUT2D eigenvalue weighted by molar-refractivity contribution is 6.18. The fraction of sp³-hybridized carbons (Fsp3) is 0.222. The van der Waals surface area contributed by atoms with Gasteiger partial charge in [-0.2, -0.15) is 5.10 Å². The van der Waals surface area contributed by atoms with Gasteiger partial charge in [-0.05, 0) is 42.7 Å². The molecule has 1 atom stereocenters. The minimum Gasteiger partial charge on any atom is -0.387 e. The van der Waals surface area contributed by atoms with Crippen molar-refractivity contribution in [1.82, 2.24) is 10.7 Å². The molecule has 0 aliphatic carbocycles. The molecule has 1 heterocycles. The van der Waals surface area contributed by atoms with Crippen molar-refractivity contribution in [2.24, 2.45) is 5.10 Å². The number of carbonyl (C=O) groups excluding carboxylic acids is 2. The van der Waals surface area contributed by atoms with Crippen molar-refractivity contribution in [3.05, 3.63) is 94.1 Å². The highest BCUT2D eigenvalue weighted by Crippen LogP contribution is 2.36. The third-order valence-corrected chi connectivity index (χ3v) is 5.58. The third-order valence-electron chi connectivity index (χ3n) is 5.58. The molecule has 0 saturated heterocycles. The van der Waals surface area contributed by atoms with E-state index >= 15 is 0 Å². The minimum absolute atomic E-state index is 0.0575. The Labute approximate surface area is 200 Å². The number of anilines is 1. The Hall–Kier alpha value is -3.97. The van der Waals surface area contributed by atoms with E-state index in [9.17, 15) is 14.7 Å². The van der Waals surface area contributed by atoms with Crippen LogP contribution < -0.4 is 16.1 Å². The van der Waals surface area contributed by atoms with Crippen molar-refractivity contribution in [2.45, 2.75) is 20.0 Å². The van der Waals surface area contributed by atoms with E-state index in [1.165, 1.54) is 0 Å². The molecule has 176 valence electrons. The first-order valence-corrected chi connectivity index (χ1v) is 11.1. The summed E-state index contributed by atoms with van der Waals surface area (Å²) in [7, 11) is 1.71. The van der Waals surface area contributed by atoms with Crippen LogP contribution >= 0.6 is 0 Å². The number of hydrogen-bond acceptors (Lipinski definition) is 6. The Balaban J connectivity index is 1.96. The van der Waals surface area contributed by atoms with Gasteiger partial charge in [-0.25, -0.2) is 0 Å². The number of rotatable bonds is 9. The van der Waals surface area contributed by atoms with E-state index < -0.39 is 6.10 Å². The summed E-state index contributed by atoms with van der Waals surface area (Å²) in [5, 5.41) is 20.7. The number of hydrogen-bond donors (Lipinski definition) is 4. The van der Waals surface area contributed by atoms with Crippen LogP contribution in [-0.2, 0) is 0 Å². The molecule has 7 nitrogen and oxygen atoms in total. The van der Waals surface area contributed by atoms with Gasteiger partial charge in [-0.3, -0.25) is 9.59 Å². The number of amides is 1. The summed E-state index contributed by atoms with van der Waals surface area (Å²) in [5.74, 6) is -0.369. The molecule has 1 amide bonds. The zero-order valence-electron chi connectivity index (χ0n) is 19.6. The lowest BCUT2D eigenvalue weighted by molar-refractivity contribution is 0.0916. The highest BCUT2D eigenvalue weighted by atomic mass is 16.3. The summed E-state index contributed by atoms with van der Waals surface area (Å²) in [5.41, 5.74) is 8.39. The molecule has 1 aliphatic heterocycles. The average Bonchev–Trinajstić information content (AvgIpc) is 2.88. The number of nitrogens with zero attached hydrogens (tertiary/aromatic N) is 1. The predicted octanol–water partition coefficient (Wildman–Crippen LogP) is 3.87. The number of aliphatic hydroxyl groups excluding tert-OH is 1. The summed E-state index contributed by atoms with van der Waals surface area (Å²) >= 11 is 0. The molecule has 1 aliphatic rings. The molecule has 0 fully saturated rings. The Bertz CT molecular complexity index is 1160. The van der Waals surface area contributed by atoms with Gasteiger partial charge in [-0.1, -0.05) is 48.6 Å². The van der Waals surface area contributed by atoms with Crippen molar-refractivity contribution in [1.29, 1.82) is 0 Å². The average molecular weight is 459 g/mol. The van der Waals surface area contributed by atoms with Crippen LogP contribution in [-0.4, -0.2) is 43.7 Å². The maximum absolute atomic E-state index is 12.9. The Morgan fingerprint density at radius 1 is 1.24 bits per heavy atom. The van der Waals surface area contributed by atoms with Crippen LogP contribution in [0, 0.1) is 0 Å². The van der Waals surface area contributed by atoms with E-state index in [2.05, 4.69) is 21.2 Å². The number of allylic oxidation sites excluding steroid dienone is 4. The van der Waals surface area contributed by atoms with Gasteiger partial charge in [0.15, 0.2) is 6.29 Å². The summed E-state index contributed by atoms with van der Waals surface area (Å²) in [6.07, 6.45) is 7.60. The van der Waals surface area contributed by atoms with Gasteiger partial charge in [-0.15, -0.1) is 0 Å². The highest BCUT2D eigenvalue weighted by Gasteiger charge is 2.24. The second-order valence-corrected chi connectivity index (χ2v) is 7.71. The van der Waals surface area contributed by atoms with E-state index in [4.69, 9.17) is 0 Å². The number of carbonyl (C=O) groups is 2. The Morgan fingerprint density at radius 2 is 2.00 bits per heavy atom. The van der Waals surface area contributed by atoms with Gasteiger partial charge in [0.2, 0.25) is 0 Å². The standard InChI is InChI=1S/C27H30N4O3/c1-4-9-18(5-2)22-14-29-24-13-20(12-21(17-32)26(24)23(22)15-31-28-3)27(34)30-16-25(33)19-10-7-6-8-11-19/h4-13,15,17,25,28-29,33H,14,16H2,1-3H3,(H,30,34)/b9-4-,18-5+,31-15-. The normalized spacial score (nSPS) is 14.6. The lowest BCUT2D eigenvalue weighted by atomic mass is 9.87. The van der Waals surface area contributed by atoms with Crippen molar-refractivity contribution in [3.8, 4) is 0 Å². The SMILES string of the molecule is C/C=C\C(=C/C)C1=C(/C=N\NC)c2c(C=O)cc(C(=O)NCC(O)c3ccccc3)cc2NC1. The molecule has 4 N–H and O–H groups in total. The molecule has 7 heteroatoms. The first-order chi connectivity index (χ1) is 16.5. The molecule has 0 saturated carbocycles. The summed E-state index contributed by atoms with van der Waals surface area (Å²) < 4.78 is 0. The van der Waals surface area contributed by atoms with Crippen LogP contribution in [0.5, 0.6) is 0 Å². The number of aliphatic hydroxyl groups is 1. The monoisotopic (exact) mass is 458 g/mol. The number of aldehydes is 1.